The van der Waals surface area contributed by atoms with Gasteiger partial charge in [0, 0.05) is 17.0 Å². The number of rotatable bonds is 6. The zero-order valence-corrected chi connectivity index (χ0v) is 16.9. The van der Waals surface area contributed by atoms with E-state index in [0.29, 0.717) is 24.5 Å². The lowest BCUT2D eigenvalue weighted by Gasteiger charge is -2.34. The monoisotopic (exact) mass is 388 g/mol. The van der Waals surface area contributed by atoms with E-state index in [1.165, 1.54) is 0 Å². The lowest BCUT2D eigenvalue weighted by atomic mass is 10.1. The highest BCUT2D eigenvalue weighted by Crippen LogP contribution is 2.39. The number of ether oxygens (including phenoxy) is 2. The highest BCUT2D eigenvalue weighted by Gasteiger charge is 2.34. The minimum atomic E-state index is -0.534. The smallest absolute Gasteiger partial charge is 0.307 e. The van der Waals surface area contributed by atoms with Crippen LogP contribution < -0.4 is 9.64 Å². The van der Waals surface area contributed by atoms with Gasteiger partial charge < -0.3 is 14.4 Å². The summed E-state index contributed by atoms with van der Waals surface area (Å²) in [6, 6.07) is 5.77. The third-order valence-corrected chi connectivity index (χ3v) is 5.34. The predicted molar refractivity (Wildman–Crippen MR) is 105 cm³/mol. The van der Waals surface area contributed by atoms with Crippen LogP contribution >= 0.6 is 11.3 Å². The number of aromatic nitrogens is 1. The number of anilines is 1. The number of hydrogen-bond acceptors (Lipinski definition) is 6. The number of benzene rings is 1. The number of esters is 1. The molecule has 1 atom stereocenters. The standard InChI is InChI=1S/C20H24N2O4S/c1-5-16-20(24)22(10-9-18(23)25-6-2)15-11-14(7-8-17(15)26-16)19-12(3)27-13(4)21-19/h7-8,11,16H,5-6,9-10H2,1-4H3. The molecule has 0 N–H and O–H groups in total. The molecule has 1 aromatic heterocycles. The van der Waals surface area contributed by atoms with Crippen LogP contribution in [0.2, 0.25) is 0 Å². The van der Waals surface area contributed by atoms with E-state index in [1.807, 2.05) is 39.0 Å². The SMILES string of the molecule is CCOC(=O)CCN1C(=O)C(CC)Oc2ccc(-c3nc(C)sc3C)cc21. The Bertz CT molecular complexity index is 862. The van der Waals surface area contributed by atoms with Crippen LogP contribution in [0.5, 0.6) is 5.75 Å². The van der Waals surface area contributed by atoms with Crippen LogP contribution in [-0.4, -0.2) is 36.1 Å². The van der Waals surface area contributed by atoms with Crippen LogP contribution in [0.3, 0.4) is 0 Å². The second-order valence-corrected chi connectivity index (χ2v) is 7.79. The summed E-state index contributed by atoms with van der Waals surface area (Å²) in [6.07, 6.45) is 0.184. The van der Waals surface area contributed by atoms with Gasteiger partial charge in [0.25, 0.3) is 5.91 Å². The molecule has 2 aromatic rings. The topological polar surface area (TPSA) is 68.7 Å². The summed E-state index contributed by atoms with van der Waals surface area (Å²) in [5.74, 6) is 0.213. The van der Waals surface area contributed by atoms with Crippen LogP contribution in [0.4, 0.5) is 5.69 Å². The average Bonchev–Trinajstić information content (AvgIpc) is 2.98. The molecule has 1 amide bonds. The third-order valence-electron chi connectivity index (χ3n) is 4.45. The fraction of sp³-hybridized carbons (Fsp3) is 0.450. The Morgan fingerprint density at radius 3 is 2.74 bits per heavy atom. The molecule has 27 heavy (non-hydrogen) atoms. The van der Waals surface area contributed by atoms with Crippen LogP contribution in [0.25, 0.3) is 11.3 Å². The summed E-state index contributed by atoms with van der Waals surface area (Å²) < 4.78 is 10.9. The van der Waals surface area contributed by atoms with E-state index in [0.717, 1.165) is 21.1 Å². The first-order valence-corrected chi connectivity index (χ1v) is 9.98. The van der Waals surface area contributed by atoms with E-state index in [-0.39, 0.29) is 24.8 Å². The van der Waals surface area contributed by atoms with Gasteiger partial charge in [0.1, 0.15) is 5.75 Å². The lowest BCUT2D eigenvalue weighted by molar-refractivity contribution is -0.142. The maximum atomic E-state index is 12.8. The van der Waals surface area contributed by atoms with Gasteiger partial charge in [0.05, 0.1) is 29.4 Å². The molecule has 1 aromatic carbocycles. The van der Waals surface area contributed by atoms with Crippen molar-refractivity contribution in [2.45, 2.75) is 46.6 Å². The summed E-state index contributed by atoms with van der Waals surface area (Å²) in [5, 5.41) is 0.998. The quantitative estimate of drug-likeness (QED) is 0.703. The van der Waals surface area contributed by atoms with Gasteiger partial charge in [0.15, 0.2) is 6.10 Å². The maximum absolute atomic E-state index is 12.8. The Hall–Kier alpha value is -2.41. The Morgan fingerprint density at radius 2 is 2.11 bits per heavy atom. The molecule has 0 bridgehead atoms. The van der Waals surface area contributed by atoms with Crippen LogP contribution in [0.15, 0.2) is 18.2 Å². The molecule has 0 saturated carbocycles. The third kappa shape index (κ3) is 3.98. The number of thiazole rings is 1. The normalized spacial score (nSPS) is 16.1. The number of fused-ring (bicyclic) bond motifs is 1. The Balaban J connectivity index is 1.96. The zero-order chi connectivity index (χ0) is 19.6. The molecule has 2 heterocycles. The summed E-state index contributed by atoms with van der Waals surface area (Å²) in [4.78, 5) is 32.0. The van der Waals surface area contributed by atoms with Crippen molar-refractivity contribution in [2.24, 2.45) is 0 Å². The first kappa shape index (κ1) is 19.4. The molecule has 1 unspecified atom stereocenters. The van der Waals surface area contributed by atoms with Gasteiger partial charge in [-0.2, -0.15) is 0 Å². The van der Waals surface area contributed by atoms with Crippen LogP contribution in [-0.2, 0) is 14.3 Å². The Labute approximate surface area is 163 Å². The van der Waals surface area contributed by atoms with Crippen molar-refractivity contribution < 1.29 is 19.1 Å². The second kappa shape index (κ2) is 8.08. The molecule has 1 aliphatic heterocycles. The van der Waals surface area contributed by atoms with Crippen LogP contribution in [0, 0.1) is 13.8 Å². The highest BCUT2D eigenvalue weighted by molar-refractivity contribution is 7.11. The summed E-state index contributed by atoms with van der Waals surface area (Å²) in [5.41, 5.74) is 2.52. The fourth-order valence-electron chi connectivity index (χ4n) is 3.19. The number of aryl methyl sites for hydroxylation is 2. The van der Waals surface area contributed by atoms with Gasteiger partial charge in [0.2, 0.25) is 0 Å². The van der Waals surface area contributed by atoms with Crippen molar-refractivity contribution in [3.63, 3.8) is 0 Å². The van der Waals surface area contributed by atoms with E-state index < -0.39 is 6.10 Å². The van der Waals surface area contributed by atoms with Gasteiger partial charge >= 0.3 is 5.97 Å². The molecule has 0 spiro atoms. The van der Waals surface area contributed by atoms with Gasteiger partial charge in [-0.05, 0) is 45.4 Å². The molecular formula is C20H24N2O4S. The van der Waals surface area contributed by atoms with Crippen molar-refractivity contribution in [1.29, 1.82) is 0 Å². The van der Waals surface area contributed by atoms with Crippen molar-refractivity contribution in [1.82, 2.24) is 4.98 Å². The first-order chi connectivity index (χ1) is 12.9. The first-order valence-electron chi connectivity index (χ1n) is 9.16. The largest absolute Gasteiger partial charge is 0.478 e. The lowest BCUT2D eigenvalue weighted by Crippen LogP contribution is -2.46. The van der Waals surface area contributed by atoms with Crippen LogP contribution in [0.1, 0.15) is 36.6 Å². The molecule has 6 nitrogen and oxygen atoms in total. The van der Waals surface area contributed by atoms with Gasteiger partial charge in [-0.15, -0.1) is 11.3 Å². The molecule has 0 radical (unpaired) electrons. The van der Waals surface area contributed by atoms with E-state index in [4.69, 9.17) is 9.47 Å². The van der Waals surface area contributed by atoms with Gasteiger partial charge in [-0.3, -0.25) is 9.59 Å². The molecule has 144 valence electrons. The fourth-order valence-corrected chi connectivity index (χ4v) is 4.03. The predicted octanol–water partition coefficient (Wildman–Crippen LogP) is 3.88. The number of amides is 1. The maximum Gasteiger partial charge on any atom is 0.307 e. The van der Waals surface area contributed by atoms with Crippen molar-refractivity contribution in [3.8, 4) is 17.0 Å². The number of carbonyl (C=O) groups is 2. The molecular weight excluding hydrogens is 364 g/mol. The van der Waals surface area contributed by atoms with Gasteiger partial charge in [-0.1, -0.05) is 6.92 Å². The average molecular weight is 388 g/mol. The van der Waals surface area contributed by atoms with E-state index in [2.05, 4.69) is 4.98 Å². The highest BCUT2D eigenvalue weighted by atomic mass is 32.1. The minimum Gasteiger partial charge on any atom is -0.478 e. The molecule has 0 fully saturated rings. The van der Waals surface area contributed by atoms with Crippen molar-refractivity contribution in [3.05, 3.63) is 28.1 Å². The van der Waals surface area contributed by atoms with E-state index in [9.17, 15) is 9.59 Å². The minimum absolute atomic E-state index is 0.127. The molecule has 0 saturated heterocycles. The van der Waals surface area contributed by atoms with Crippen molar-refractivity contribution >= 4 is 28.9 Å². The number of hydrogen-bond donors (Lipinski definition) is 0. The summed E-state index contributed by atoms with van der Waals surface area (Å²) >= 11 is 1.64. The number of nitrogens with zero attached hydrogens (tertiary/aromatic N) is 2. The number of carbonyl (C=O) groups excluding carboxylic acids is 2. The molecule has 7 heteroatoms. The Morgan fingerprint density at radius 1 is 1.33 bits per heavy atom. The Kier molecular flexibility index (Phi) is 5.79. The molecule has 1 aliphatic rings. The second-order valence-electron chi connectivity index (χ2n) is 6.38. The van der Waals surface area contributed by atoms with Gasteiger partial charge in [-0.25, -0.2) is 4.98 Å². The van der Waals surface area contributed by atoms with E-state index in [1.54, 1.807) is 23.2 Å². The van der Waals surface area contributed by atoms with E-state index >= 15 is 0 Å². The summed E-state index contributed by atoms with van der Waals surface area (Å²) in [6.45, 7) is 8.29. The molecule has 0 aliphatic carbocycles. The van der Waals surface area contributed by atoms with Crippen molar-refractivity contribution in [2.75, 3.05) is 18.1 Å². The molecule has 3 rings (SSSR count). The summed E-state index contributed by atoms with van der Waals surface area (Å²) in [7, 11) is 0. The zero-order valence-electron chi connectivity index (χ0n) is 16.1.